The molecule has 3 N–H and O–H groups in total. The topological polar surface area (TPSA) is 64.3 Å². The van der Waals surface area contributed by atoms with Crippen LogP contribution in [0.5, 0.6) is 5.75 Å². The summed E-state index contributed by atoms with van der Waals surface area (Å²) in [5.74, 6) is 0.299. The molecule has 0 aliphatic rings. The Morgan fingerprint density at radius 3 is 2.57 bits per heavy atom. The van der Waals surface area contributed by atoms with E-state index >= 15 is 0 Å². The van der Waals surface area contributed by atoms with Gasteiger partial charge in [-0.15, -0.1) is 0 Å². The first kappa shape index (κ1) is 15.5. The highest BCUT2D eigenvalue weighted by atomic mass is 79.9. The average Bonchev–Trinajstić information content (AvgIpc) is 2.48. The van der Waals surface area contributed by atoms with Crippen molar-refractivity contribution in [2.75, 3.05) is 7.11 Å². The highest BCUT2D eigenvalue weighted by Gasteiger charge is 2.18. The van der Waals surface area contributed by atoms with Crippen LogP contribution in [0.4, 0.5) is 0 Å². The van der Waals surface area contributed by atoms with Crippen LogP contribution in [-0.4, -0.2) is 13.0 Å². The Morgan fingerprint density at radius 2 is 2.00 bits per heavy atom. The first-order valence-corrected chi connectivity index (χ1v) is 7.31. The van der Waals surface area contributed by atoms with Gasteiger partial charge >= 0.3 is 0 Å². The van der Waals surface area contributed by atoms with Crippen LogP contribution in [0, 0.1) is 0 Å². The average molecular weight is 349 g/mol. The molecule has 21 heavy (non-hydrogen) atoms. The van der Waals surface area contributed by atoms with E-state index in [0.29, 0.717) is 12.3 Å². The number of carbonyl (C=O) groups is 1. The number of hydrogen-bond donors (Lipinski definition) is 2. The molecule has 0 bridgehead atoms. The zero-order valence-electron chi connectivity index (χ0n) is 11.7. The Kier molecular flexibility index (Phi) is 5.36. The summed E-state index contributed by atoms with van der Waals surface area (Å²) < 4.78 is 5.97. The van der Waals surface area contributed by atoms with E-state index in [-0.39, 0.29) is 0 Å². The van der Waals surface area contributed by atoms with E-state index in [2.05, 4.69) is 21.2 Å². The molecule has 4 nitrogen and oxygen atoms in total. The number of halogens is 1. The fourth-order valence-electron chi connectivity index (χ4n) is 2.06. The lowest BCUT2D eigenvalue weighted by Crippen LogP contribution is -2.33. The first-order chi connectivity index (χ1) is 10.1. The van der Waals surface area contributed by atoms with E-state index in [4.69, 9.17) is 10.5 Å². The molecule has 0 saturated heterocycles. The third kappa shape index (κ3) is 4.06. The third-order valence-electron chi connectivity index (χ3n) is 3.15. The van der Waals surface area contributed by atoms with E-state index in [0.717, 1.165) is 15.6 Å². The van der Waals surface area contributed by atoms with E-state index in [9.17, 15) is 4.79 Å². The molecule has 2 aromatic carbocycles. The Hall–Kier alpha value is -1.85. The maximum Gasteiger partial charge on any atom is 0.239 e. The van der Waals surface area contributed by atoms with Crippen LogP contribution in [-0.2, 0) is 11.3 Å². The van der Waals surface area contributed by atoms with E-state index in [1.54, 1.807) is 13.2 Å². The number of benzene rings is 2. The van der Waals surface area contributed by atoms with Crippen molar-refractivity contribution in [2.24, 2.45) is 5.73 Å². The third-order valence-corrected chi connectivity index (χ3v) is 3.77. The number of rotatable bonds is 6. The molecule has 110 valence electrons. The second-order valence-corrected chi connectivity index (χ2v) is 5.45. The molecule has 2 rings (SSSR count). The van der Waals surface area contributed by atoms with Crippen molar-refractivity contribution in [2.45, 2.75) is 12.6 Å². The number of hydrogen-bond acceptors (Lipinski definition) is 3. The quantitative estimate of drug-likeness (QED) is 0.843. The molecule has 1 atom stereocenters. The molecule has 0 aliphatic carbocycles. The number of nitrogens with two attached hydrogens (primary N) is 1. The molecule has 0 fully saturated rings. The summed E-state index contributed by atoms with van der Waals surface area (Å²) in [5.41, 5.74) is 7.40. The van der Waals surface area contributed by atoms with Crippen LogP contribution in [0.3, 0.4) is 0 Å². The number of amides is 1. The Morgan fingerprint density at radius 1 is 1.29 bits per heavy atom. The van der Waals surface area contributed by atoms with Crippen LogP contribution in [0.1, 0.15) is 17.2 Å². The maximum absolute atomic E-state index is 11.7. The number of methoxy groups -OCH3 is 1. The van der Waals surface area contributed by atoms with Gasteiger partial charge in [0.1, 0.15) is 11.8 Å². The standard InChI is InChI=1S/C16H17BrN2O2/c1-21-14-8-7-12(9-13(14)17)15(16(18)20)19-10-11-5-3-2-4-6-11/h2-9,15,19H,10H2,1H3,(H2,18,20). The van der Waals surface area contributed by atoms with Crippen LogP contribution in [0.15, 0.2) is 53.0 Å². The van der Waals surface area contributed by atoms with Gasteiger partial charge in [0.15, 0.2) is 0 Å². The van der Waals surface area contributed by atoms with Crippen molar-refractivity contribution in [1.82, 2.24) is 5.32 Å². The summed E-state index contributed by atoms with van der Waals surface area (Å²) in [6.07, 6.45) is 0. The van der Waals surface area contributed by atoms with Crippen molar-refractivity contribution in [3.05, 3.63) is 64.1 Å². The molecule has 0 aliphatic heterocycles. The summed E-state index contributed by atoms with van der Waals surface area (Å²) in [6.45, 7) is 0.568. The summed E-state index contributed by atoms with van der Waals surface area (Å²) in [6, 6.07) is 14.8. The molecule has 0 radical (unpaired) electrons. The minimum Gasteiger partial charge on any atom is -0.496 e. The Labute approximate surface area is 132 Å². The summed E-state index contributed by atoms with van der Waals surface area (Å²) >= 11 is 3.42. The normalized spacial score (nSPS) is 11.9. The van der Waals surface area contributed by atoms with Crippen LogP contribution < -0.4 is 15.8 Å². The fourth-order valence-corrected chi connectivity index (χ4v) is 2.62. The molecular formula is C16H17BrN2O2. The Bertz CT molecular complexity index is 617. The van der Waals surface area contributed by atoms with Crippen molar-refractivity contribution in [3.63, 3.8) is 0 Å². The predicted molar refractivity (Wildman–Crippen MR) is 85.9 cm³/mol. The number of nitrogens with one attached hydrogen (secondary N) is 1. The molecule has 0 saturated carbocycles. The summed E-state index contributed by atoms with van der Waals surface area (Å²) in [7, 11) is 1.60. The highest BCUT2D eigenvalue weighted by molar-refractivity contribution is 9.10. The minimum absolute atomic E-state index is 0.414. The molecular weight excluding hydrogens is 332 g/mol. The van der Waals surface area contributed by atoms with E-state index in [1.807, 2.05) is 42.5 Å². The zero-order valence-corrected chi connectivity index (χ0v) is 13.3. The van der Waals surface area contributed by atoms with Gasteiger partial charge < -0.3 is 10.5 Å². The van der Waals surface area contributed by atoms with Gasteiger partial charge in [-0.25, -0.2) is 0 Å². The van der Waals surface area contributed by atoms with Gasteiger partial charge in [0, 0.05) is 6.54 Å². The number of ether oxygens (including phenoxy) is 1. The van der Waals surface area contributed by atoms with E-state index in [1.165, 1.54) is 0 Å². The number of carbonyl (C=O) groups excluding carboxylic acids is 1. The molecule has 1 amide bonds. The lowest BCUT2D eigenvalue weighted by atomic mass is 10.1. The summed E-state index contributed by atoms with van der Waals surface area (Å²) in [5, 5.41) is 3.18. The lowest BCUT2D eigenvalue weighted by molar-refractivity contribution is -0.120. The van der Waals surface area contributed by atoms with Gasteiger partial charge in [0.2, 0.25) is 5.91 Å². The number of primary amides is 1. The molecule has 2 aromatic rings. The van der Waals surface area contributed by atoms with Crippen LogP contribution >= 0.6 is 15.9 Å². The van der Waals surface area contributed by atoms with Gasteiger partial charge in [-0.3, -0.25) is 10.1 Å². The summed E-state index contributed by atoms with van der Waals surface area (Å²) in [4.78, 5) is 11.7. The van der Waals surface area contributed by atoms with Crippen LogP contribution in [0.2, 0.25) is 0 Å². The Balaban J connectivity index is 2.15. The SMILES string of the molecule is COc1ccc(C(NCc2ccccc2)C(N)=O)cc1Br. The minimum atomic E-state index is -0.549. The molecule has 0 heterocycles. The second kappa shape index (κ2) is 7.24. The van der Waals surface area contributed by atoms with Crippen molar-refractivity contribution >= 4 is 21.8 Å². The van der Waals surface area contributed by atoms with Gasteiger partial charge in [0.25, 0.3) is 0 Å². The monoisotopic (exact) mass is 348 g/mol. The van der Waals surface area contributed by atoms with Gasteiger partial charge in [-0.1, -0.05) is 36.4 Å². The highest BCUT2D eigenvalue weighted by Crippen LogP contribution is 2.28. The largest absolute Gasteiger partial charge is 0.496 e. The zero-order chi connectivity index (χ0) is 15.2. The second-order valence-electron chi connectivity index (χ2n) is 4.60. The van der Waals surface area contributed by atoms with Crippen LogP contribution in [0.25, 0.3) is 0 Å². The lowest BCUT2D eigenvalue weighted by Gasteiger charge is -2.17. The molecule has 0 aromatic heterocycles. The molecule has 5 heteroatoms. The fraction of sp³-hybridized carbons (Fsp3) is 0.188. The molecule has 0 spiro atoms. The van der Waals surface area contributed by atoms with Gasteiger partial charge in [0.05, 0.1) is 11.6 Å². The van der Waals surface area contributed by atoms with Gasteiger partial charge in [-0.2, -0.15) is 0 Å². The molecule has 1 unspecified atom stereocenters. The smallest absolute Gasteiger partial charge is 0.239 e. The predicted octanol–water partition coefficient (Wildman–Crippen LogP) is 2.77. The first-order valence-electron chi connectivity index (χ1n) is 6.52. The maximum atomic E-state index is 11.7. The van der Waals surface area contributed by atoms with E-state index < -0.39 is 11.9 Å². The van der Waals surface area contributed by atoms with Crippen molar-refractivity contribution < 1.29 is 9.53 Å². The van der Waals surface area contributed by atoms with Gasteiger partial charge in [-0.05, 0) is 39.2 Å². The van der Waals surface area contributed by atoms with Crippen molar-refractivity contribution in [3.8, 4) is 5.75 Å². The van der Waals surface area contributed by atoms with Crippen molar-refractivity contribution in [1.29, 1.82) is 0 Å².